The summed E-state index contributed by atoms with van der Waals surface area (Å²) in [6, 6.07) is 2.13. The Kier molecular flexibility index (Phi) is 1.76. The molecule has 86 valence electrons. The third-order valence-corrected chi connectivity index (χ3v) is 4.44. The molecule has 0 amide bonds. The molecule has 1 saturated carbocycles. The van der Waals surface area contributed by atoms with Gasteiger partial charge in [0, 0.05) is 24.0 Å². The van der Waals surface area contributed by atoms with Crippen LogP contribution in [0.5, 0.6) is 0 Å². The van der Waals surface area contributed by atoms with Crippen molar-refractivity contribution in [3.63, 3.8) is 0 Å². The van der Waals surface area contributed by atoms with Crippen molar-refractivity contribution in [1.82, 2.24) is 20.1 Å². The molecule has 3 atom stereocenters. The van der Waals surface area contributed by atoms with Crippen LogP contribution in [0.1, 0.15) is 55.7 Å². The van der Waals surface area contributed by atoms with E-state index < -0.39 is 0 Å². The summed E-state index contributed by atoms with van der Waals surface area (Å²) < 4.78 is 2.41. The van der Waals surface area contributed by atoms with E-state index in [0.29, 0.717) is 18.0 Å². The second kappa shape index (κ2) is 3.06. The summed E-state index contributed by atoms with van der Waals surface area (Å²) in [5.41, 5.74) is 0. The zero-order chi connectivity index (χ0) is 10.7. The van der Waals surface area contributed by atoms with E-state index in [2.05, 4.69) is 27.0 Å². The van der Waals surface area contributed by atoms with Gasteiger partial charge >= 0.3 is 0 Å². The lowest BCUT2D eigenvalue weighted by atomic mass is 9.88. The van der Waals surface area contributed by atoms with Gasteiger partial charge in [-0.05, 0) is 39.0 Å². The fourth-order valence-corrected chi connectivity index (χ4v) is 3.53. The minimum Gasteiger partial charge on any atom is -0.312 e. The van der Waals surface area contributed by atoms with E-state index in [0.717, 1.165) is 11.9 Å². The van der Waals surface area contributed by atoms with E-state index in [4.69, 9.17) is 0 Å². The van der Waals surface area contributed by atoms with Crippen molar-refractivity contribution in [2.75, 3.05) is 0 Å². The van der Waals surface area contributed by atoms with Gasteiger partial charge in [0.2, 0.25) is 0 Å². The molecule has 16 heavy (non-hydrogen) atoms. The maximum absolute atomic E-state index is 4.45. The Morgan fingerprint density at radius 2 is 2.06 bits per heavy atom. The van der Waals surface area contributed by atoms with E-state index >= 15 is 0 Å². The molecule has 1 aromatic rings. The predicted octanol–water partition coefficient (Wildman–Crippen LogP) is 1.53. The molecule has 4 heteroatoms. The molecule has 2 aliphatic heterocycles. The predicted molar refractivity (Wildman–Crippen MR) is 60.3 cm³/mol. The smallest absolute Gasteiger partial charge is 0.138 e. The Bertz CT molecular complexity index is 421. The molecule has 1 aliphatic carbocycles. The summed E-state index contributed by atoms with van der Waals surface area (Å²) in [5, 5.41) is 12.4. The molecule has 3 fully saturated rings. The van der Waals surface area contributed by atoms with Gasteiger partial charge in [-0.3, -0.25) is 0 Å². The van der Waals surface area contributed by atoms with Crippen LogP contribution in [0.2, 0.25) is 0 Å². The Labute approximate surface area is 95.4 Å². The summed E-state index contributed by atoms with van der Waals surface area (Å²) in [5.74, 6) is 3.00. The van der Waals surface area contributed by atoms with Crippen LogP contribution in [0.15, 0.2) is 0 Å². The summed E-state index contributed by atoms with van der Waals surface area (Å²) in [4.78, 5) is 0. The Morgan fingerprint density at radius 3 is 2.69 bits per heavy atom. The molecule has 3 heterocycles. The second-order valence-corrected chi connectivity index (χ2v) is 5.60. The summed E-state index contributed by atoms with van der Waals surface area (Å²) in [6.45, 7) is 2.09. The third-order valence-electron chi connectivity index (χ3n) is 4.44. The Balaban J connectivity index is 1.71. The van der Waals surface area contributed by atoms with Crippen LogP contribution in [0.25, 0.3) is 0 Å². The number of rotatable bonds is 2. The highest BCUT2D eigenvalue weighted by atomic mass is 15.3. The largest absolute Gasteiger partial charge is 0.312 e. The van der Waals surface area contributed by atoms with Crippen LogP contribution in [-0.2, 0) is 0 Å². The zero-order valence-electron chi connectivity index (χ0n) is 9.69. The average Bonchev–Trinajstić information content (AvgIpc) is 2.75. The van der Waals surface area contributed by atoms with Gasteiger partial charge in [-0.2, -0.15) is 0 Å². The molecular weight excluding hydrogens is 200 g/mol. The minimum absolute atomic E-state index is 0.626. The first-order chi connectivity index (χ1) is 7.83. The van der Waals surface area contributed by atoms with Crippen LogP contribution in [-0.4, -0.2) is 26.8 Å². The van der Waals surface area contributed by atoms with Crippen molar-refractivity contribution < 1.29 is 0 Å². The van der Waals surface area contributed by atoms with E-state index in [1.807, 2.05) is 0 Å². The third kappa shape index (κ3) is 1.19. The number of hydrogen-bond donors (Lipinski definition) is 1. The van der Waals surface area contributed by atoms with Crippen LogP contribution < -0.4 is 5.32 Å². The fraction of sp³-hybridized carbons (Fsp3) is 0.833. The number of aromatic nitrogens is 3. The van der Waals surface area contributed by atoms with Crippen molar-refractivity contribution in [1.29, 1.82) is 0 Å². The molecule has 4 rings (SSSR count). The SMILES string of the molecule is Cc1nnc(C2CC3CCC2N3)n1C1CC1. The van der Waals surface area contributed by atoms with Gasteiger partial charge in [-0.15, -0.1) is 10.2 Å². The molecule has 1 N–H and O–H groups in total. The maximum atomic E-state index is 4.45. The molecule has 4 nitrogen and oxygen atoms in total. The molecule has 2 bridgehead atoms. The van der Waals surface area contributed by atoms with Gasteiger partial charge in [-0.1, -0.05) is 0 Å². The maximum Gasteiger partial charge on any atom is 0.138 e. The molecule has 1 aromatic heterocycles. The number of hydrogen-bond acceptors (Lipinski definition) is 3. The highest BCUT2D eigenvalue weighted by Crippen LogP contribution is 2.43. The first kappa shape index (κ1) is 9.16. The molecule has 0 aromatic carbocycles. The van der Waals surface area contributed by atoms with Crippen LogP contribution in [0.4, 0.5) is 0 Å². The van der Waals surface area contributed by atoms with Gasteiger partial charge < -0.3 is 9.88 Å². The average molecular weight is 218 g/mol. The van der Waals surface area contributed by atoms with E-state index in [1.165, 1.54) is 37.9 Å². The first-order valence-corrected chi connectivity index (χ1v) is 6.50. The molecule has 2 saturated heterocycles. The molecule has 3 aliphatic rings. The summed E-state index contributed by atoms with van der Waals surface area (Å²) in [6.07, 6.45) is 6.60. The van der Waals surface area contributed by atoms with Crippen LogP contribution in [0, 0.1) is 6.92 Å². The van der Waals surface area contributed by atoms with Gasteiger partial charge in [0.1, 0.15) is 11.6 Å². The highest BCUT2D eigenvalue weighted by Gasteiger charge is 2.43. The van der Waals surface area contributed by atoms with Crippen molar-refractivity contribution in [2.45, 2.75) is 63.1 Å². The first-order valence-electron chi connectivity index (χ1n) is 6.50. The van der Waals surface area contributed by atoms with Gasteiger partial charge in [0.25, 0.3) is 0 Å². The lowest BCUT2D eigenvalue weighted by Gasteiger charge is -2.20. The lowest BCUT2D eigenvalue weighted by molar-refractivity contribution is 0.464. The standard InChI is InChI=1S/C12H18N4/c1-7-14-15-12(16(7)9-3-4-9)10-6-8-2-5-11(10)13-8/h8-11,13H,2-6H2,1H3. The van der Waals surface area contributed by atoms with Gasteiger partial charge in [0.15, 0.2) is 0 Å². The van der Waals surface area contributed by atoms with Crippen LogP contribution in [0.3, 0.4) is 0 Å². The quantitative estimate of drug-likeness (QED) is 0.818. The monoisotopic (exact) mass is 218 g/mol. The normalized spacial score (nSPS) is 37.2. The lowest BCUT2D eigenvalue weighted by Crippen LogP contribution is -2.23. The number of fused-ring (bicyclic) bond motifs is 2. The number of nitrogens with zero attached hydrogens (tertiary/aromatic N) is 3. The van der Waals surface area contributed by atoms with E-state index in [-0.39, 0.29) is 0 Å². The van der Waals surface area contributed by atoms with Crippen molar-refractivity contribution in [3.05, 3.63) is 11.6 Å². The van der Waals surface area contributed by atoms with Gasteiger partial charge in [0.05, 0.1) is 0 Å². The zero-order valence-corrected chi connectivity index (χ0v) is 9.69. The second-order valence-electron chi connectivity index (χ2n) is 5.60. The molecule has 0 spiro atoms. The van der Waals surface area contributed by atoms with E-state index in [9.17, 15) is 0 Å². The van der Waals surface area contributed by atoms with Crippen molar-refractivity contribution in [2.24, 2.45) is 0 Å². The van der Waals surface area contributed by atoms with Crippen LogP contribution >= 0.6 is 0 Å². The van der Waals surface area contributed by atoms with Crippen molar-refractivity contribution >= 4 is 0 Å². The molecule has 3 unspecified atom stereocenters. The number of aryl methyl sites for hydroxylation is 1. The Morgan fingerprint density at radius 1 is 1.19 bits per heavy atom. The summed E-state index contributed by atoms with van der Waals surface area (Å²) in [7, 11) is 0. The van der Waals surface area contributed by atoms with E-state index in [1.54, 1.807) is 0 Å². The topological polar surface area (TPSA) is 42.7 Å². The number of nitrogens with one attached hydrogen (secondary N) is 1. The molecule has 0 radical (unpaired) electrons. The van der Waals surface area contributed by atoms with Gasteiger partial charge in [-0.25, -0.2) is 0 Å². The minimum atomic E-state index is 0.626. The highest BCUT2D eigenvalue weighted by molar-refractivity contribution is 5.15. The Hall–Kier alpha value is -0.900. The van der Waals surface area contributed by atoms with Crippen molar-refractivity contribution in [3.8, 4) is 0 Å². The molecular formula is C12H18N4. The fourth-order valence-electron chi connectivity index (χ4n) is 3.53. The summed E-state index contributed by atoms with van der Waals surface area (Å²) >= 11 is 0.